The Morgan fingerprint density at radius 1 is 1.24 bits per heavy atom. The zero-order chi connectivity index (χ0) is 12.3. The Bertz CT molecular complexity index is 367. The van der Waals surface area contributed by atoms with Crippen LogP contribution in [0, 0.1) is 19.8 Å². The Hall–Kier alpha value is -1.02. The van der Waals surface area contributed by atoms with Gasteiger partial charge in [0.2, 0.25) is 0 Å². The molecule has 1 aliphatic carbocycles. The number of rotatable bonds is 4. The topological polar surface area (TPSA) is 29.5 Å². The maximum absolute atomic E-state index is 10.0. The molecule has 0 heterocycles. The lowest BCUT2D eigenvalue weighted by molar-refractivity contribution is 0.0593. The van der Waals surface area contributed by atoms with Gasteiger partial charge in [-0.25, -0.2) is 0 Å². The van der Waals surface area contributed by atoms with Crippen LogP contribution in [-0.2, 0) is 0 Å². The summed E-state index contributed by atoms with van der Waals surface area (Å²) < 4.78 is 5.67. The van der Waals surface area contributed by atoms with Gasteiger partial charge in [0, 0.05) is 0 Å². The number of aliphatic hydroxyl groups excluding tert-OH is 1. The molecule has 2 heteroatoms. The molecule has 0 amide bonds. The fourth-order valence-corrected chi connectivity index (χ4v) is 2.46. The van der Waals surface area contributed by atoms with E-state index in [-0.39, 0.29) is 6.10 Å². The van der Waals surface area contributed by atoms with Crippen LogP contribution >= 0.6 is 0 Å². The lowest BCUT2D eigenvalue weighted by Gasteiger charge is -2.18. The van der Waals surface area contributed by atoms with E-state index in [9.17, 15) is 5.11 Å². The maximum atomic E-state index is 10.0. The lowest BCUT2D eigenvalue weighted by Crippen LogP contribution is -2.25. The molecule has 1 aliphatic rings. The van der Waals surface area contributed by atoms with E-state index in [0.29, 0.717) is 12.5 Å². The average molecular weight is 234 g/mol. The maximum Gasteiger partial charge on any atom is 0.119 e. The highest BCUT2D eigenvalue weighted by molar-refractivity contribution is 5.33. The van der Waals surface area contributed by atoms with E-state index in [0.717, 1.165) is 18.6 Å². The van der Waals surface area contributed by atoms with Crippen LogP contribution in [0.5, 0.6) is 5.75 Å². The van der Waals surface area contributed by atoms with Crippen LogP contribution in [0.1, 0.15) is 36.8 Å². The summed E-state index contributed by atoms with van der Waals surface area (Å²) in [6, 6.07) is 6.08. The third-order valence-corrected chi connectivity index (χ3v) is 3.84. The predicted octanol–water partition coefficient (Wildman–Crippen LogP) is 3.23. The van der Waals surface area contributed by atoms with Crippen molar-refractivity contribution in [3.05, 3.63) is 29.3 Å². The van der Waals surface area contributed by atoms with Gasteiger partial charge in [0.1, 0.15) is 12.4 Å². The molecular formula is C15H22O2. The summed E-state index contributed by atoms with van der Waals surface area (Å²) in [6.07, 6.45) is 4.50. The Morgan fingerprint density at radius 3 is 2.59 bits per heavy atom. The van der Waals surface area contributed by atoms with Crippen molar-refractivity contribution < 1.29 is 9.84 Å². The summed E-state index contributed by atoms with van der Waals surface area (Å²) in [6.45, 7) is 4.59. The number of aryl methyl sites for hydroxylation is 2. The molecule has 1 atom stereocenters. The molecule has 2 nitrogen and oxygen atoms in total. The quantitative estimate of drug-likeness (QED) is 0.866. The highest BCUT2D eigenvalue weighted by atomic mass is 16.5. The van der Waals surface area contributed by atoms with Crippen LogP contribution in [0.2, 0.25) is 0 Å². The predicted molar refractivity (Wildman–Crippen MR) is 69.4 cm³/mol. The molecule has 0 aromatic heterocycles. The molecule has 1 fully saturated rings. The molecular weight excluding hydrogens is 212 g/mol. The van der Waals surface area contributed by atoms with Gasteiger partial charge in [-0.1, -0.05) is 18.9 Å². The van der Waals surface area contributed by atoms with Gasteiger partial charge in [-0.2, -0.15) is 0 Å². The zero-order valence-corrected chi connectivity index (χ0v) is 10.8. The SMILES string of the molecule is Cc1ccc(OCC(O)C2CCCC2)cc1C. The van der Waals surface area contributed by atoms with Gasteiger partial charge in [0.15, 0.2) is 0 Å². The molecule has 2 rings (SSSR count). The van der Waals surface area contributed by atoms with Crippen LogP contribution in [0.4, 0.5) is 0 Å². The number of benzene rings is 1. The fraction of sp³-hybridized carbons (Fsp3) is 0.600. The molecule has 1 aromatic rings. The van der Waals surface area contributed by atoms with Crippen LogP contribution in [0.15, 0.2) is 18.2 Å². The largest absolute Gasteiger partial charge is 0.491 e. The molecule has 0 radical (unpaired) electrons. The minimum Gasteiger partial charge on any atom is -0.491 e. The second-order valence-corrected chi connectivity index (χ2v) is 5.17. The van der Waals surface area contributed by atoms with E-state index in [1.165, 1.54) is 24.0 Å². The highest BCUT2D eigenvalue weighted by Gasteiger charge is 2.23. The molecule has 17 heavy (non-hydrogen) atoms. The summed E-state index contributed by atoms with van der Waals surface area (Å²) >= 11 is 0. The Labute approximate surface area is 104 Å². The summed E-state index contributed by atoms with van der Waals surface area (Å²) in [4.78, 5) is 0. The van der Waals surface area contributed by atoms with Gasteiger partial charge in [0.05, 0.1) is 6.10 Å². The molecule has 94 valence electrons. The van der Waals surface area contributed by atoms with E-state index < -0.39 is 0 Å². The highest BCUT2D eigenvalue weighted by Crippen LogP contribution is 2.28. The van der Waals surface area contributed by atoms with Crippen molar-refractivity contribution in [3.63, 3.8) is 0 Å². The first-order valence-corrected chi connectivity index (χ1v) is 6.55. The van der Waals surface area contributed by atoms with Gasteiger partial charge >= 0.3 is 0 Å². The van der Waals surface area contributed by atoms with Crippen LogP contribution in [-0.4, -0.2) is 17.8 Å². The summed E-state index contributed by atoms with van der Waals surface area (Å²) in [5, 5.41) is 10.0. The molecule has 1 N–H and O–H groups in total. The molecule has 1 saturated carbocycles. The molecule has 1 aromatic carbocycles. The Morgan fingerprint density at radius 2 is 1.94 bits per heavy atom. The third-order valence-electron chi connectivity index (χ3n) is 3.84. The second-order valence-electron chi connectivity index (χ2n) is 5.17. The van der Waals surface area contributed by atoms with Crippen molar-refractivity contribution >= 4 is 0 Å². The molecule has 0 spiro atoms. The molecule has 0 saturated heterocycles. The third kappa shape index (κ3) is 3.22. The fourth-order valence-electron chi connectivity index (χ4n) is 2.46. The average Bonchev–Trinajstić information content (AvgIpc) is 2.84. The van der Waals surface area contributed by atoms with E-state index >= 15 is 0 Å². The van der Waals surface area contributed by atoms with Crippen molar-refractivity contribution in [1.82, 2.24) is 0 Å². The van der Waals surface area contributed by atoms with Gasteiger partial charge in [-0.15, -0.1) is 0 Å². The van der Waals surface area contributed by atoms with Gasteiger partial charge < -0.3 is 9.84 Å². The summed E-state index contributed by atoms with van der Waals surface area (Å²) in [5.41, 5.74) is 2.51. The monoisotopic (exact) mass is 234 g/mol. The number of aliphatic hydroxyl groups is 1. The molecule has 0 bridgehead atoms. The van der Waals surface area contributed by atoms with Crippen molar-refractivity contribution in [2.45, 2.75) is 45.6 Å². The van der Waals surface area contributed by atoms with Crippen LogP contribution in [0.25, 0.3) is 0 Å². The smallest absolute Gasteiger partial charge is 0.119 e. The number of ether oxygens (including phenoxy) is 1. The van der Waals surface area contributed by atoms with Crippen molar-refractivity contribution in [3.8, 4) is 5.75 Å². The Balaban J connectivity index is 1.86. The van der Waals surface area contributed by atoms with Gasteiger partial charge in [-0.05, 0) is 55.9 Å². The normalized spacial score (nSPS) is 18.3. The summed E-state index contributed by atoms with van der Waals surface area (Å²) in [5.74, 6) is 1.31. The number of hydrogen-bond acceptors (Lipinski definition) is 2. The van der Waals surface area contributed by atoms with Gasteiger partial charge in [-0.3, -0.25) is 0 Å². The van der Waals surface area contributed by atoms with Crippen molar-refractivity contribution in [2.75, 3.05) is 6.61 Å². The zero-order valence-electron chi connectivity index (χ0n) is 10.8. The first-order chi connectivity index (χ1) is 8.16. The Kier molecular flexibility index (Phi) is 4.06. The lowest BCUT2D eigenvalue weighted by atomic mass is 10.0. The van der Waals surface area contributed by atoms with E-state index in [1.54, 1.807) is 0 Å². The van der Waals surface area contributed by atoms with Crippen LogP contribution < -0.4 is 4.74 Å². The first kappa shape index (κ1) is 12.4. The molecule has 0 aliphatic heterocycles. The minimum absolute atomic E-state index is 0.306. The van der Waals surface area contributed by atoms with Gasteiger partial charge in [0.25, 0.3) is 0 Å². The summed E-state index contributed by atoms with van der Waals surface area (Å²) in [7, 11) is 0. The standard InChI is InChI=1S/C15H22O2/c1-11-7-8-14(9-12(11)2)17-10-15(16)13-5-3-4-6-13/h7-9,13,15-16H,3-6,10H2,1-2H3. The van der Waals surface area contributed by atoms with E-state index in [4.69, 9.17) is 4.74 Å². The van der Waals surface area contributed by atoms with Crippen molar-refractivity contribution in [2.24, 2.45) is 5.92 Å². The second kappa shape index (κ2) is 5.54. The van der Waals surface area contributed by atoms with Crippen LogP contribution in [0.3, 0.4) is 0 Å². The minimum atomic E-state index is -0.306. The van der Waals surface area contributed by atoms with E-state index in [1.807, 2.05) is 12.1 Å². The number of hydrogen-bond donors (Lipinski definition) is 1. The van der Waals surface area contributed by atoms with Crippen molar-refractivity contribution in [1.29, 1.82) is 0 Å². The first-order valence-electron chi connectivity index (χ1n) is 6.55. The molecule has 1 unspecified atom stereocenters. The van der Waals surface area contributed by atoms with E-state index in [2.05, 4.69) is 19.9 Å².